The highest BCUT2D eigenvalue weighted by Gasteiger charge is 2.48. The number of hydrogen-bond donors (Lipinski definition) is 2. The van der Waals surface area contributed by atoms with E-state index in [9.17, 15) is 10.2 Å². The molecule has 1 aliphatic carbocycles. The second kappa shape index (κ2) is 11.7. The molecule has 0 amide bonds. The molecule has 1 aromatic carbocycles. The van der Waals surface area contributed by atoms with E-state index in [1.807, 2.05) is 6.08 Å². The van der Waals surface area contributed by atoms with Crippen LogP contribution in [0.25, 0.3) is 0 Å². The first-order valence-corrected chi connectivity index (χ1v) is 13.2. The van der Waals surface area contributed by atoms with E-state index < -0.39 is 12.2 Å². The third-order valence-electron chi connectivity index (χ3n) is 7.77. The van der Waals surface area contributed by atoms with E-state index in [0.29, 0.717) is 6.42 Å². The quantitative estimate of drug-likeness (QED) is 0.365. The molecular formula is C28H43NO3. The lowest BCUT2D eigenvalue weighted by molar-refractivity contribution is 0.135. The largest absolute Gasteiger partial charge is 0.489 e. The Morgan fingerprint density at radius 3 is 2.78 bits per heavy atom. The van der Waals surface area contributed by atoms with Crippen LogP contribution in [0.1, 0.15) is 88.2 Å². The zero-order chi connectivity index (χ0) is 22.3. The summed E-state index contributed by atoms with van der Waals surface area (Å²) in [7, 11) is 0. The molecule has 178 valence electrons. The number of nitrogens with zero attached hydrogens (tertiary/aromatic N) is 1. The number of benzene rings is 1. The van der Waals surface area contributed by atoms with Crippen LogP contribution < -0.4 is 4.74 Å². The fourth-order valence-corrected chi connectivity index (χ4v) is 5.96. The van der Waals surface area contributed by atoms with Crippen molar-refractivity contribution in [2.24, 2.45) is 5.92 Å². The number of para-hydroxylation sites is 1. The summed E-state index contributed by atoms with van der Waals surface area (Å²) in [6.45, 7) is 5.95. The van der Waals surface area contributed by atoms with Gasteiger partial charge in [-0.05, 0) is 63.7 Å². The van der Waals surface area contributed by atoms with Gasteiger partial charge >= 0.3 is 0 Å². The van der Waals surface area contributed by atoms with Crippen LogP contribution in [-0.2, 0) is 6.42 Å². The Hall–Kier alpha value is -1.36. The van der Waals surface area contributed by atoms with Crippen LogP contribution in [0.2, 0.25) is 0 Å². The SMILES string of the molecule is CCCCC[C@H](O)C=C[C@@H]1[C@H]2c3cccc(CCCCN4CCCCC4)c3O[C@H]2C[C@H]1O. The standard InChI is InChI=1S/C28H43NO3/c1-2-3-5-13-22(30)15-16-23-25(31)20-26-27(23)24-14-10-12-21(28(24)32-26)11-6-9-19-29-17-7-4-8-18-29/h10,12,14-16,22-23,25-27,30-31H,2-9,11,13,17-20H2,1H3/t22-,23-,25+,26-,27-/m0/s1. The van der Waals surface area contributed by atoms with Crippen molar-refractivity contribution in [2.45, 2.75) is 102 Å². The summed E-state index contributed by atoms with van der Waals surface area (Å²) in [5.41, 5.74) is 2.59. The number of fused-ring (bicyclic) bond motifs is 3. The van der Waals surface area contributed by atoms with Crippen LogP contribution in [0, 0.1) is 5.92 Å². The van der Waals surface area contributed by atoms with Gasteiger partial charge in [-0.3, -0.25) is 0 Å². The minimum absolute atomic E-state index is 0.0245. The molecule has 4 nitrogen and oxygen atoms in total. The summed E-state index contributed by atoms with van der Waals surface area (Å²) in [6.07, 6.45) is 15.7. The van der Waals surface area contributed by atoms with Crippen LogP contribution in [0.4, 0.5) is 0 Å². The fourth-order valence-electron chi connectivity index (χ4n) is 5.96. The highest BCUT2D eigenvalue weighted by molar-refractivity contribution is 5.49. The molecule has 2 heterocycles. The van der Waals surface area contributed by atoms with Crippen molar-refractivity contribution >= 4 is 0 Å². The number of ether oxygens (including phenoxy) is 1. The summed E-state index contributed by atoms with van der Waals surface area (Å²) in [5, 5.41) is 21.0. The summed E-state index contributed by atoms with van der Waals surface area (Å²) >= 11 is 0. The van der Waals surface area contributed by atoms with Gasteiger partial charge in [0.25, 0.3) is 0 Å². The lowest BCUT2D eigenvalue weighted by Gasteiger charge is -2.26. The van der Waals surface area contributed by atoms with Gasteiger partial charge in [0.15, 0.2) is 0 Å². The molecule has 1 aromatic rings. The number of aliphatic hydroxyl groups excluding tert-OH is 2. The van der Waals surface area contributed by atoms with Gasteiger partial charge in [0.2, 0.25) is 0 Å². The first kappa shape index (κ1) is 23.8. The molecule has 1 saturated carbocycles. The zero-order valence-corrected chi connectivity index (χ0v) is 19.9. The zero-order valence-electron chi connectivity index (χ0n) is 19.9. The maximum absolute atomic E-state index is 10.7. The van der Waals surface area contributed by atoms with Gasteiger partial charge in [0.1, 0.15) is 11.9 Å². The number of rotatable bonds is 11. The molecule has 2 fully saturated rings. The number of likely N-dealkylation sites (tertiary alicyclic amines) is 1. The average molecular weight is 442 g/mol. The van der Waals surface area contributed by atoms with Gasteiger partial charge < -0.3 is 19.8 Å². The topological polar surface area (TPSA) is 52.9 Å². The molecule has 0 aromatic heterocycles. The van der Waals surface area contributed by atoms with Crippen LogP contribution in [0.3, 0.4) is 0 Å². The first-order chi connectivity index (χ1) is 15.7. The Morgan fingerprint density at radius 1 is 1.12 bits per heavy atom. The highest BCUT2D eigenvalue weighted by atomic mass is 16.5. The van der Waals surface area contributed by atoms with Crippen molar-refractivity contribution in [2.75, 3.05) is 19.6 Å². The molecule has 32 heavy (non-hydrogen) atoms. The predicted octanol–water partition coefficient (Wildman–Crippen LogP) is 5.22. The Balaban J connectivity index is 1.35. The van der Waals surface area contributed by atoms with Crippen LogP contribution >= 0.6 is 0 Å². The van der Waals surface area contributed by atoms with Crippen LogP contribution in [-0.4, -0.2) is 53.1 Å². The van der Waals surface area contributed by atoms with E-state index >= 15 is 0 Å². The minimum Gasteiger partial charge on any atom is -0.489 e. The monoisotopic (exact) mass is 441 g/mol. The molecule has 2 N–H and O–H groups in total. The van der Waals surface area contributed by atoms with Crippen molar-refractivity contribution in [1.82, 2.24) is 4.90 Å². The van der Waals surface area contributed by atoms with Gasteiger partial charge in [-0.25, -0.2) is 0 Å². The predicted molar refractivity (Wildman–Crippen MR) is 130 cm³/mol. The van der Waals surface area contributed by atoms with Gasteiger partial charge in [-0.2, -0.15) is 0 Å². The molecule has 0 spiro atoms. The van der Waals surface area contributed by atoms with Gasteiger partial charge in [0, 0.05) is 23.8 Å². The third kappa shape index (κ3) is 5.76. The van der Waals surface area contributed by atoms with Gasteiger partial charge in [-0.15, -0.1) is 0 Å². The van der Waals surface area contributed by atoms with E-state index in [1.165, 1.54) is 62.9 Å². The smallest absolute Gasteiger partial charge is 0.126 e. The molecule has 0 radical (unpaired) electrons. The number of aliphatic hydroxyl groups is 2. The molecule has 5 atom stereocenters. The average Bonchev–Trinajstić information content (AvgIpc) is 3.31. The second-order valence-corrected chi connectivity index (χ2v) is 10.2. The van der Waals surface area contributed by atoms with Gasteiger partial charge in [-0.1, -0.05) is 63.0 Å². The summed E-state index contributed by atoms with van der Waals surface area (Å²) < 4.78 is 6.43. The lowest BCUT2D eigenvalue weighted by atomic mass is 9.86. The number of aryl methyl sites for hydroxylation is 1. The number of unbranched alkanes of at least 4 members (excludes halogenated alkanes) is 3. The van der Waals surface area contributed by atoms with Crippen molar-refractivity contribution < 1.29 is 14.9 Å². The van der Waals surface area contributed by atoms with Gasteiger partial charge in [0.05, 0.1) is 12.2 Å². The van der Waals surface area contributed by atoms with E-state index in [2.05, 4.69) is 36.1 Å². The van der Waals surface area contributed by atoms with E-state index in [1.54, 1.807) is 0 Å². The maximum Gasteiger partial charge on any atom is 0.126 e. The van der Waals surface area contributed by atoms with Crippen molar-refractivity contribution in [1.29, 1.82) is 0 Å². The summed E-state index contributed by atoms with van der Waals surface area (Å²) in [4.78, 5) is 2.62. The molecule has 2 aliphatic heterocycles. The van der Waals surface area contributed by atoms with Crippen LogP contribution in [0.5, 0.6) is 5.75 Å². The Morgan fingerprint density at radius 2 is 1.97 bits per heavy atom. The summed E-state index contributed by atoms with van der Waals surface area (Å²) in [5.74, 6) is 1.30. The molecule has 3 aliphatic rings. The van der Waals surface area contributed by atoms with E-state index in [0.717, 1.165) is 37.9 Å². The molecular weight excluding hydrogens is 398 g/mol. The van der Waals surface area contributed by atoms with Crippen molar-refractivity contribution in [3.63, 3.8) is 0 Å². The Bertz CT molecular complexity index is 742. The molecule has 0 bridgehead atoms. The molecule has 4 heteroatoms. The highest BCUT2D eigenvalue weighted by Crippen LogP contribution is 2.52. The number of hydrogen-bond acceptors (Lipinski definition) is 4. The van der Waals surface area contributed by atoms with E-state index in [4.69, 9.17) is 4.74 Å². The minimum atomic E-state index is -0.416. The van der Waals surface area contributed by atoms with Crippen LogP contribution in [0.15, 0.2) is 30.4 Å². The van der Waals surface area contributed by atoms with Crippen molar-refractivity contribution in [3.05, 3.63) is 41.5 Å². The van der Waals surface area contributed by atoms with Crippen molar-refractivity contribution in [3.8, 4) is 5.75 Å². The molecule has 0 unspecified atom stereocenters. The summed E-state index contributed by atoms with van der Waals surface area (Å²) in [6, 6.07) is 6.57. The number of piperidine rings is 1. The molecule has 1 saturated heterocycles. The Labute approximate surface area is 194 Å². The second-order valence-electron chi connectivity index (χ2n) is 10.2. The normalized spacial score (nSPS) is 28.6. The third-order valence-corrected chi connectivity index (χ3v) is 7.77. The fraction of sp³-hybridized carbons (Fsp3) is 0.714. The first-order valence-electron chi connectivity index (χ1n) is 13.2. The lowest BCUT2D eigenvalue weighted by Crippen LogP contribution is -2.30. The maximum atomic E-state index is 10.7. The molecule has 4 rings (SSSR count). The van der Waals surface area contributed by atoms with E-state index in [-0.39, 0.29) is 17.9 Å². The Kier molecular flexibility index (Phi) is 8.68.